The van der Waals surface area contributed by atoms with Crippen molar-refractivity contribution in [3.8, 4) is 0 Å². The number of aryl methyl sites for hydroxylation is 2. The summed E-state index contributed by atoms with van der Waals surface area (Å²) in [4.78, 5) is 4.23. The molecule has 1 atom stereocenters. The maximum atomic E-state index is 9.13. The molecule has 0 saturated carbocycles. The van der Waals surface area contributed by atoms with E-state index in [9.17, 15) is 0 Å². The topological polar surface area (TPSA) is 50.1 Å². The van der Waals surface area contributed by atoms with E-state index in [0.717, 1.165) is 30.9 Å². The van der Waals surface area contributed by atoms with Gasteiger partial charge in [0.15, 0.2) is 0 Å². The van der Waals surface area contributed by atoms with Crippen LogP contribution >= 0.6 is 0 Å². The van der Waals surface area contributed by atoms with Crippen LogP contribution in [0.2, 0.25) is 0 Å². The van der Waals surface area contributed by atoms with Gasteiger partial charge in [-0.15, -0.1) is 0 Å². The molecule has 0 amide bonds. The summed E-state index contributed by atoms with van der Waals surface area (Å²) in [6.07, 6.45) is 4.93. The maximum absolute atomic E-state index is 9.13. The Balaban J connectivity index is 1.77. The second kappa shape index (κ2) is 7.22. The fraction of sp³-hybridized carbons (Fsp3) is 0.438. The van der Waals surface area contributed by atoms with Crippen molar-refractivity contribution in [3.63, 3.8) is 0 Å². The number of aromatic nitrogens is 2. The van der Waals surface area contributed by atoms with E-state index in [1.54, 1.807) is 0 Å². The molecule has 0 spiro atoms. The predicted octanol–water partition coefficient (Wildman–Crippen LogP) is 2.25. The first-order valence-electron chi connectivity index (χ1n) is 7.09. The molecule has 0 saturated heterocycles. The first-order valence-corrected chi connectivity index (χ1v) is 7.09. The van der Waals surface area contributed by atoms with Gasteiger partial charge in [0, 0.05) is 31.5 Å². The molecule has 2 N–H and O–H groups in total. The molecule has 0 unspecified atom stereocenters. The van der Waals surface area contributed by atoms with Gasteiger partial charge < -0.3 is 15.0 Å². The van der Waals surface area contributed by atoms with Crippen molar-refractivity contribution in [2.45, 2.75) is 46.0 Å². The largest absolute Gasteiger partial charge is 0.392 e. The zero-order chi connectivity index (χ0) is 14.4. The number of rotatable bonds is 7. The third kappa shape index (κ3) is 4.18. The lowest BCUT2D eigenvalue weighted by molar-refractivity contribution is 0.281. The molecule has 2 aromatic rings. The van der Waals surface area contributed by atoms with Crippen molar-refractivity contribution >= 4 is 0 Å². The van der Waals surface area contributed by atoms with Crippen LogP contribution in [0.15, 0.2) is 36.7 Å². The Bertz CT molecular complexity index is 536. The molecule has 1 heterocycles. The lowest BCUT2D eigenvalue weighted by Gasteiger charge is -2.15. The average molecular weight is 273 g/mol. The second-order valence-electron chi connectivity index (χ2n) is 5.22. The number of imidazole rings is 1. The molecule has 4 nitrogen and oxygen atoms in total. The van der Waals surface area contributed by atoms with Crippen LogP contribution in [-0.2, 0) is 19.7 Å². The number of hydrogen-bond acceptors (Lipinski definition) is 3. The summed E-state index contributed by atoms with van der Waals surface area (Å²) >= 11 is 0. The summed E-state index contributed by atoms with van der Waals surface area (Å²) in [5.41, 5.74) is 2.17. The number of nitrogens with one attached hydrogen (secondary N) is 1. The Kier molecular flexibility index (Phi) is 5.32. The van der Waals surface area contributed by atoms with Gasteiger partial charge in [0.2, 0.25) is 0 Å². The molecule has 0 aliphatic heterocycles. The number of aliphatic hydroxyl groups excluding tert-OH is 1. The van der Waals surface area contributed by atoms with E-state index in [1.807, 2.05) is 37.5 Å². The molecular formula is C16H23N3O. The number of hydrogen-bond donors (Lipinski definition) is 2. The highest BCUT2D eigenvalue weighted by Gasteiger charge is 2.04. The maximum Gasteiger partial charge on any atom is 0.105 e. The molecule has 4 heteroatoms. The first kappa shape index (κ1) is 14.8. The third-order valence-electron chi connectivity index (χ3n) is 3.56. The van der Waals surface area contributed by atoms with Gasteiger partial charge in [-0.25, -0.2) is 4.98 Å². The second-order valence-corrected chi connectivity index (χ2v) is 5.22. The highest BCUT2D eigenvalue weighted by atomic mass is 16.3. The van der Waals surface area contributed by atoms with Crippen LogP contribution in [0.3, 0.4) is 0 Å². The van der Waals surface area contributed by atoms with E-state index in [0.29, 0.717) is 6.04 Å². The molecule has 0 aliphatic carbocycles. The fourth-order valence-electron chi connectivity index (χ4n) is 2.20. The van der Waals surface area contributed by atoms with E-state index in [2.05, 4.69) is 27.9 Å². The molecule has 1 aromatic heterocycles. The molecule has 0 radical (unpaired) electrons. The van der Waals surface area contributed by atoms with Gasteiger partial charge in [-0.05, 0) is 31.4 Å². The number of benzene rings is 1. The molecule has 2 rings (SSSR count). The Morgan fingerprint density at radius 2 is 2.15 bits per heavy atom. The molecule has 20 heavy (non-hydrogen) atoms. The van der Waals surface area contributed by atoms with Gasteiger partial charge in [0.25, 0.3) is 0 Å². The summed E-state index contributed by atoms with van der Waals surface area (Å²) in [6, 6.07) is 8.49. The molecule has 0 bridgehead atoms. The van der Waals surface area contributed by atoms with Gasteiger partial charge >= 0.3 is 0 Å². The van der Waals surface area contributed by atoms with E-state index in [-0.39, 0.29) is 6.61 Å². The van der Waals surface area contributed by atoms with E-state index >= 15 is 0 Å². The summed E-state index contributed by atoms with van der Waals surface area (Å²) in [5, 5.41) is 12.6. The molecule has 1 aromatic carbocycles. The minimum Gasteiger partial charge on any atom is -0.392 e. The number of nitrogens with zero attached hydrogens (tertiary/aromatic N) is 2. The third-order valence-corrected chi connectivity index (χ3v) is 3.56. The van der Waals surface area contributed by atoms with Crippen LogP contribution < -0.4 is 5.32 Å². The highest BCUT2D eigenvalue weighted by molar-refractivity contribution is 5.22. The van der Waals surface area contributed by atoms with Gasteiger partial charge in [0.1, 0.15) is 5.82 Å². The molecule has 0 aliphatic rings. The van der Waals surface area contributed by atoms with E-state index in [4.69, 9.17) is 5.11 Å². The summed E-state index contributed by atoms with van der Waals surface area (Å²) in [5.74, 6) is 1.06. The Morgan fingerprint density at radius 3 is 2.85 bits per heavy atom. The van der Waals surface area contributed by atoms with Crippen LogP contribution in [0.4, 0.5) is 0 Å². The summed E-state index contributed by atoms with van der Waals surface area (Å²) < 4.78 is 2.17. The van der Waals surface area contributed by atoms with Crippen molar-refractivity contribution in [1.29, 1.82) is 0 Å². The lowest BCUT2D eigenvalue weighted by atomic mass is 10.1. The van der Waals surface area contributed by atoms with Crippen LogP contribution in [0.25, 0.3) is 0 Å². The van der Waals surface area contributed by atoms with E-state index < -0.39 is 0 Å². The Hall–Kier alpha value is -1.65. The van der Waals surface area contributed by atoms with Crippen LogP contribution in [-0.4, -0.2) is 20.7 Å². The van der Waals surface area contributed by atoms with E-state index in [1.165, 1.54) is 5.56 Å². The van der Waals surface area contributed by atoms with Crippen molar-refractivity contribution < 1.29 is 5.11 Å². The normalized spacial score (nSPS) is 12.6. The Morgan fingerprint density at radius 1 is 1.35 bits per heavy atom. The first-order chi connectivity index (χ1) is 9.69. The minimum atomic E-state index is 0.100. The Labute approximate surface area is 120 Å². The van der Waals surface area contributed by atoms with Crippen molar-refractivity contribution in [1.82, 2.24) is 14.9 Å². The van der Waals surface area contributed by atoms with Crippen LogP contribution in [0.5, 0.6) is 0 Å². The SMILES string of the molecule is Cc1nccn1CC[C@H](C)NCc1cccc(CO)c1. The van der Waals surface area contributed by atoms with Crippen LogP contribution in [0, 0.1) is 6.92 Å². The standard InChI is InChI=1S/C16H23N3O/c1-13(6-8-19-9-7-17-14(19)2)18-11-15-4-3-5-16(10-15)12-20/h3-5,7,9-10,13,18,20H,6,8,11-12H2,1-2H3/t13-/m0/s1. The smallest absolute Gasteiger partial charge is 0.105 e. The van der Waals surface area contributed by atoms with Gasteiger partial charge in [-0.2, -0.15) is 0 Å². The van der Waals surface area contributed by atoms with Crippen molar-refractivity contribution in [3.05, 3.63) is 53.6 Å². The van der Waals surface area contributed by atoms with Crippen molar-refractivity contribution in [2.75, 3.05) is 0 Å². The highest BCUT2D eigenvalue weighted by Crippen LogP contribution is 2.06. The zero-order valence-electron chi connectivity index (χ0n) is 12.2. The number of aliphatic hydroxyl groups is 1. The molecular weight excluding hydrogens is 250 g/mol. The zero-order valence-corrected chi connectivity index (χ0v) is 12.2. The lowest BCUT2D eigenvalue weighted by Crippen LogP contribution is -2.26. The predicted molar refractivity (Wildman–Crippen MR) is 80.2 cm³/mol. The van der Waals surface area contributed by atoms with Crippen molar-refractivity contribution in [2.24, 2.45) is 0 Å². The molecule has 0 fully saturated rings. The van der Waals surface area contributed by atoms with Gasteiger partial charge in [0.05, 0.1) is 6.61 Å². The average Bonchev–Trinajstić information content (AvgIpc) is 2.88. The monoisotopic (exact) mass is 273 g/mol. The van der Waals surface area contributed by atoms with Crippen LogP contribution in [0.1, 0.15) is 30.3 Å². The fourth-order valence-corrected chi connectivity index (χ4v) is 2.20. The summed E-state index contributed by atoms with van der Waals surface area (Å²) in [6.45, 7) is 6.14. The summed E-state index contributed by atoms with van der Waals surface area (Å²) in [7, 11) is 0. The quantitative estimate of drug-likeness (QED) is 0.813. The van der Waals surface area contributed by atoms with Gasteiger partial charge in [-0.1, -0.05) is 24.3 Å². The van der Waals surface area contributed by atoms with Gasteiger partial charge in [-0.3, -0.25) is 0 Å². The minimum absolute atomic E-state index is 0.100. The molecule has 108 valence electrons.